The van der Waals surface area contributed by atoms with Gasteiger partial charge in [-0.2, -0.15) is 0 Å². The smallest absolute Gasteiger partial charge is 0.128 e. The number of aryl methyl sites for hydroxylation is 2. The molecule has 17 heavy (non-hydrogen) atoms. The predicted molar refractivity (Wildman–Crippen MR) is 66.4 cm³/mol. The summed E-state index contributed by atoms with van der Waals surface area (Å²) < 4.78 is 15.2. The zero-order chi connectivity index (χ0) is 12.3. The number of hydrogen-bond donors (Lipinski definition) is 1. The van der Waals surface area contributed by atoms with E-state index in [9.17, 15) is 4.39 Å². The molecule has 0 saturated carbocycles. The molecule has 0 amide bonds. The molecule has 90 valence electrons. The molecule has 0 aliphatic rings. The van der Waals surface area contributed by atoms with Gasteiger partial charge in [-0.25, -0.2) is 9.37 Å². The van der Waals surface area contributed by atoms with Crippen LogP contribution in [-0.4, -0.2) is 9.55 Å². The Labute approximate surface area is 100 Å². The number of imidazole rings is 1. The Morgan fingerprint density at radius 3 is 3.00 bits per heavy atom. The average molecular weight is 233 g/mol. The van der Waals surface area contributed by atoms with Gasteiger partial charge < -0.3 is 9.88 Å². The van der Waals surface area contributed by atoms with Gasteiger partial charge in [-0.05, 0) is 31.5 Å². The molecule has 0 bridgehead atoms. The lowest BCUT2D eigenvalue weighted by Gasteiger charge is -2.10. The van der Waals surface area contributed by atoms with Crippen LogP contribution in [0.5, 0.6) is 0 Å². The highest BCUT2D eigenvalue weighted by atomic mass is 19.1. The number of nitrogens with zero attached hydrogens (tertiary/aromatic N) is 2. The second-order valence-corrected chi connectivity index (χ2v) is 3.94. The lowest BCUT2D eigenvalue weighted by molar-refractivity contribution is 0.627. The van der Waals surface area contributed by atoms with Crippen molar-refractivity contribution >= 4 is 5.69 Å². The molecule has 0 fully saturated rings. The fraction of sp³-hybridized carbons (Fsp3) is 0.308. The molecule has 0 radical (unpaired) electrons. The Kier molecular flexibility index (Phi) is 3.42. The van der Waals surface area contributed by atoms with Crippen LogP contribution in [0.1, 0.15) is 18.3 Å². The molecular weight excluding hydrogens is 217 g/mol. The van der Waals surface area contributed by atoms with E-state index in [1.54, 1.807) is 12.3 Å². The summed E-state index contributed by atoms with van der Waals surface area (Å²) in [5.74, 6) is 0.730. The van der Waals surface area contributed by atoms with Crippen LogP contribution in [0.4, 0.5) is 10.1 Å². The number of hydrogen-bond acceptors (Lipinski definition) is 2. The van der Waals surface area contributed by atoms with E-state index in [1.165, 1.54) is 12.1 Å². The highest BCUT2D eigenvalue weighted by molar-refractivity contribution is 5.50. The second kappa shape index (κ2) is 4.99. The fourth-order valence-electron chi connectivity index (χ4n) is 1.75. The highest BCUT2D eigenvalue weighted by Crippen LogP contribution is 2.16. The molecule has 1 aromatic carbocycles. The minimum atomic E-state index is -0.225. The zero-order valence-corrected chi connectivity index (χ0v) is 10.1. The molecule has 2 rings (SSSR count). The van der Waals surface area contributed by atoms with Gasteiger partial charge in [-0.1, -0.05) is 6.07 Å². The van der Waals surface area contributed by atoms with E-state index in [0.717, 1.165) is 23.6 Å². The predicted octanol–water partition coefficient (Wildman–Crippen LogP) is 2.96. The lowest BCUT2D eigenvalue weighted by Crippen LogP contribution is -2.08. The van der Waals surface area contributed by atoms with Gasteiger partial charge in [0.05, 0.1) is 6.54 Å². The summed E-state index contributed by atoms with van der Waals surface area (Å²) in [6.07, 6.45) is 3.72. The van der Waals surface area contributed by atoms with Crippen LogP contribution in [0.2, 0.25) is 0 Å². The third-order valence-corrected chi connectivity index (χ3v) is 2.78. The van der Waals surface area contributed by atoms with E-state index in [-0.39, 0.29) is 5.82 Å². The Morgan fingerprint density at radius 1 is 1.41 bits per heavy atom. The molecule has 4 heteroatoms. The van der Waals surface area contributed by atoms with Crippen molar-refractivity contribution in [3.63, 3.8) is 0 Å². The molecule has 1 aromatic heterocycles. The average Bonchev–Trinajstić information content (AvgIpc) is 2.77. The highest BCUT2D eigenvalue weighted by Gasteiger charge is 2.03. The monoisotopic (exact) mass is 233 g/mol. The van der Waals surface area contributed by atoms with Crippen LogP contribution in [0, 0.1) is 12.7 Å². The maximum Gasteiger partial charge on any atom is 0.128 e. The molecule has 0 atom stereocenters. The summed E-state index contributed by atoms with van der Waals surface area (Å²) in [6, 6.07) is 4.74. The lowest BCUT2D eigenvalue weighted by atomic mass is 10.2. The van der Waals surface area contributed by atoms with Crippen molar-refractivity contribution in [1.82, 2.24) is 9.55 Å². The van der Waals surface area contributed by atoms with E-state index < -0.39 is 0 Å². The van der Waals surface area contributed by atoms with Crippen molar-refractivity contribution < 1.29 is 4.39 Å². The fourth-order valence-corrected chi connectivity index (χ4v) is 1.75. The summed E-state index contributed by atoms with van der Waals surface area (Å²) in [5, 5.41) is 3.21. The van der Waals surface area contributed by atoms with Crippen molar-refractivity contribution in [2.45, 2.75) is 26.9 Å². The number of aromatic nitrogens is 2. The van der Waals surface area contributed by atoms with Gasteiger partial charge in [0.25, 0.3) is 0 Å². The van der Waals surface area contributed by atoms with E-state index in [2.05, 4.69) is 21.8 Å². The topological polar surface area (TPSA) is 29.9 Å². The number of anilines is 1. The van der Waals surface area contributed by atoms with Crippen molar-refractivity contribution in [2.24, 2.45) is 0 Å². The minimum Gasteiger partial charge on any atom is -0.378 e. The first kappa shape index (κ1) is 11.6. The third kappa shape index (κ3) is 2.64. The molecule has 3 nitrogen and oxygen atoms in total. The maximum atomic E-state index is 13.1. The normalized spacial score (nSPS) is 10.5. The number of halogens is 1. The van der Waals surface area contributed by atoms with E-state index in [4.69, 9.17) is 0 Å². The molecule has 0 spiro atoms. The van der Waals surface area contributed by atoms with Crippen LogP contribution in [0.25, 0.3) is 0 Å². The Hall–Kier alpha value is -1.84. The van der Waals surface area contributed by atoms with Crippen LogP contribution >= 0.6 is 0 Å². The summed E-state index contributed by atoms with van der Waals surface area (Å²) >= 11 is 0. The Bertz CT molecular complexity index is 505. The Balaban J connectivity index is 2.09. The molecule has 0 saturated heterocycles. The first-order valence-electron chi connectivity index (χ1n) is 5.70. The SMILES string of the molecule is CCn1ccnc1CNc1cc(F)ccc1C. The van der Waals surface area contributed by atoms with Gasteiger partial charge >= 0.3 is 0 Å². The summed E-state index contributed by atoms with van der Waals surface area (Å²) in [6.45, 7) is 5.51. The third-order valence-electron chi connectivity index (χ3n) is 2.78. The molecule has 0 unspecified atom stereocenters. The first-order valence-corrected chi connectivity index (χ1v) is 5.70. The summed E-state index contributed by atoms with van der Waals surface area (Å²) in [4.78, 5) is 4.26. The molecule has 0 aliphatic heterocycles. The van der Waals surface area contributed by atoms with Gasteiger partial charge in [-0.3, -0.25) is 0 Å². The standard InChI is InChI=1S/C13H16FN3/c1-3-17-7-6-15-13(17)9-16-12-8-11(14)5-4-10(12)2/h4-8,16H,3,9H2,1-2H3. The summed E-state index contributed by atoms with van der Waals surface area (Å²) in [7, 11) is 0. The zero-order valence-electron chi connectivity index (χ0n) is 10.1. The maximum absolute atomic E-state index is 13.1. The van der Waals surface area contributed by atoms with Crippen LogP contribution in [-0.2, 0) is 13.1 Å². The van der Waals surface area contributed by atoms with Crippen LogP contribution < -0.4 is 5.32 Å². The second-order valence-electron chi connectivity index (χ2n) is 3.94. The molecule has 0 aliphatic carbocycles. The minimum absolute atomic E-state index is 0.225. The summed E-state index contributed by atoms with van der Waals surface area (Å²) in [5.41, 5.74) is 1.84. The van der Waals surface area contributed by atoms with Gasteiger partial charge in [-0.15, -0.1) is 0 Å². The number of benzene rings is 1. The Morgan fingerprint density at radius 2 is 2.24 bits per heavy atom. The van der Waals surface area contributed by atoms with E-state index in [0.29, 0.717) is 6.54 Å². The van der Waals surface area contributed by atoms with Crippen molar-refractivity contribution in [3.8, 4) is 0 Å². The van der Waals surface area contributed by atoms with Gasteiger partial charge in [0.1, 0.15) is 11.6 Å². The molecule has 2 aromatic rings. The van der Waals surface area contributed by atoms with E-state index in [1.807, 2.05) is 13.1 Å². The van der Waals surface area contributed by atoms with E-state index >= 15 is 0 Å². The van der Waals surface area contributed by atoms with Crippen LogP contribution in [0.15, 0.2) is 30.6 Å². The van der Waals surface area contributed by atoms with Crippen molar-refractivity contribution in [2.75, 3.05) is 5.32 Å². The molecule has 1 N–H and O–H groups in total. The van der Waals surface area contributed by atoms with Gasteiger partial charge in [0.2, 0.25) is 0 Å². The van der Waals surface area contributed by atoms with Gasteiger partial charge in [0, 0.05) is 24.6 Å². The molecular formula is C13H16FN3. The van der Waals surface area contributed by atoms with Crippen LogP contribution in [0.3, 0.4) is 0 Å². The van der Waals surface area contributed by atoms with Crippen molar-refractivity contribution in [1.29, 1.82) is 0 Å². The molecule has 1 heterocycles. The van der Waals surface area contributed by atoms with Crippen molar-refractivity contribution in [3.05, 3.63) is 47.8 Å². The largest absolute Gasteiger partial charge is 0.378 e. The van der Waals surface area contributed by atoms with Gasteiger partial charge in [0.15, 0.2) is 0 Å². The number of rotatable bonds is 4. The first-order chi connectivity index (χ1) is 8.20. The number of nitrogens with one attached hydrogen (secondary N) is 1. The quantitative estimate of drug-likeness (QED) is 0.879.